The summed E-state index contributed by atoms with van der Waals surface area (Å²) in [6.45, 7) is 2.37. The van der Waals surface area contributed by atoms with E-state index >= 15 is 0 Å². The molecule has 2 N–H and O–H groups in total. The highest BCUT2D eigenvalue weighted by Gasteiger charge is 2.42. The van der Waals surface area contributed by atoms with Crippen molar-refractivity contribution < 1.29 is 29.1 Å². The van der Waals surface area contributed by atoms with Crippen molar-refractivity contribution in [3.63, 3.8) is 0 Å². The van der Waals surface area contributed by atoms with Gasteiger partial charge in [-0.05, 0) is 19.1 Å². The van der Waals surface area contributed by atoms with E-state index in [2.05, 4.69) is 5.32 Å². The van der Waals surface area contributed by atoms with Crippen molar-refractivity contribution in [2.45, 2.75) is 25.3 Å². The van der Waals surface area contributed by atoms with Crippen molar-refractivity contribution in [1.82, 2.24) is 5.32 Å². The first-order valence-corrected chi connectivity index (χ1v) is 7.44. The highest BCUT2D eigenvalue weighted by molar-refractivity contribution is 5.98. The Morgan fingerprint density at radius 2 is 2.08 bits per heavy atom. The van der Waals surface area contributed by atoms with Gasteiger partial charge in [0.05, 0.1) is 11.5 Å². The highest BCUT2D eigenvalue weighted by Crippen LogP contribution is 2.29. The summed E-state index contributed by atoms with van der Waals surface area (Å²) in [6, 6.07) is 3.77. The zero-order chi connectivity index (χ0) is 17.7. The maximum atomic E-state index is 12.4. The predicted molar refractivity (Wildman–Crippen MR) is 82.2 cm³/mol. The largest absolute Gasteiger partial charge is 0.487 e. The first-order valence-electron chi connectivity index (χ1n) is 7.44. The molecule has 1 aliphatic rings. The molecule has 130 valence electrons. The maximum absolute atomic E-state index is 12.4. The maximum Gasteiger partial charge on any atom is 0.329 e. The number of nitrogens with one attached hydrogen (secondary N) is 1. The van der Waals surface area contributed by atoms with Gasteiger partial charge in [0.15, 0.2) is 5.75 Å². The van der Waals surface area contributed by atoms with Gasteiger partial charge in [0, 0.05) is 37.7 Å². The molecule has 24 heavy (non-hydrogen) atoms. The minimum Gasteiger partial charge on any atom is -0.487 e. The average molecular weight is 338 g/mol. The standard InChI is InChI=1S/C15H18N2O7/c1-2-24-12-4-3-10(9-11(12)17(21)22)13(18)16-15(14(19)20)5-7-23-8-6-15/h3-4,9H,2,5-8H2,1H3,(H,16,18)(H,19,20). The smallest absolute Gasteiger partial charge is 0.329 e. The number of nitro benzene ring substituents is 1. The van der Waals surface area contributed by atoms with Crippen molar-refractivity contribution in [2.75, 3.05) is 19.8 Å². The number of aliphatic carboxylic acids is 1. The highest BCUT2D eigenvalue weighted by atomic mass is 16.6. The SMILES string of the molecule is CCOc1ccc(C(=O)NC2(C(=O)O)CCOCC2)cc1[N+](=O)[O-]. The van der Waals surface area contributed by atoms with Crippen molar-refractivity contribution in [1.29, 1.82) is 0 Å². The Morgan fingerprint density at radius 1 is 1.42 bits per heavy atom. The lowest BCUT2D eigenvalue weighted by Gasteiger charge is -2.33. The van der Waals surface area contributed by atoms with Gasteiger partial charge in [-0.15, -0.1) is 0 Å². The molecule has 0 saturated carbocycles. The molecule has 1 amide bonds. The lowest BCUT2D eigenvalue weighted by atomic mass is 9.89. The third kappa shape index (κ3) is 3.62. The third-order valence-corrected chi connectivity index (χ3v) is 3.83. The van der Waals surface area contributed by atoms with E-state index in [0.717, 1.165) is 6.07 Å². The number of benzene rings is 1. The molecule has 2 rings (SSSR count). The van der Waals surface area contributed by atoms with Crippen molar-refractivity contribution in [2.24, 2.45) is 0 Å². The van der Waals surface area contributed by atoms with Gasteiger partial charge in [-0.3, -0.25) is 14.9 Å². The van der Waals surface area contributed by atoms with Crippen molar-refractivity contribution in [3.05, 3.63) is 33.9 Å². The Hall–Kier alpha value is -2.68. The fraction of sp³-hybridized carbons (Fsp3) is 0.467. The summed E-state index contributed by atoms with van der Waals surface area (Å²) in [7, 11) is 0. The molecule has 0 spiro atoms. The van der Waals surface area contributed by atoms with Crippen LogP contribution < -0.4 is 10.1 Å². The predicted octanol–water partition coefficient (Wildman–Crippen LogP) is 1.36. The summed E-state index contributed by atoms with van der Waals surface area (Å²) >= 11 is 0. The molecule has 1 fully saturated rings. The molecule has 0 radical (unpaired) electrons. The van der Waals surface area contributed by atoms with Crippen LogP contribution in [0.25, 0.3) is 0 Å². The number of nitro groups is 1. The molecule has 0 unspecified atom stereocenters. The van der Waals surface area contributed by atoms with Crippen LogP contribution in [-0.2, 0) is 9.53 Å². The number of hydrogen-bond acceptors (Lipinski definition) is 6. The molecule has 0 bridgehead atoms. The first-order chi connectivity index (χ1) is 11.4. The molecule has 0 aliphatic carbocycles. The van der Waals surface area contributed by atoms with Crippen LogP contribution in [-0.4, -0.2) is 47.3 Å². The number of carboxylic acids is 1. The molecule has 1 heterocycles. The molecule has 0 atom stereocenters. The molecular formula is C15H18N2O7. The topological polar surface area (TPSA) is 128 Å². The fourth-order valence-corrected chi connectivity index (χ4v) is 2.48. The van der Waals surface area contributed by atoms with E-state index in [0.29, 0.717) is 0 Å². The van der Waals surface area contributed by atoms with Crippen LogP contribution in [0.3, 0.4) is 0 Å². The van der Waals surface area contributed by atoms with E-state index in [9.17, 15) is 24.8 Å². The molecule has 1 aromatic carbocycles. The lowest BCUT2D eigenvalue weighted by molar-refractivity contribution is -0.385. The summed E-state index contributed by atoms with van der Waals surface area (Å²) in [5.41, 5.74) is -1.78. The Balaban J connectivity index is 2.27. The Kier molecular flexibility index (Phi) is 5.35. The van der Waals surface area contributed by atoms with Crippen LogP contribution >= 0.6 is 0 Å². The van der Waals surface area contributed by atoms with Gasteiger partial charge in [-0.1, -0.05) is 0 Å². The third-order valence-electron chi connectivity index (χ3n) is 3.83. The van der Waals surface area contributed by atoms with E-state index in [-0.39, 0.29) is 49.7 Å². The second kappa shape index (κ2) is 7.26. The summed E-state index contributed by atoms with van der Waals surface area (Å²) < 4.78 is 10.3. The first kappa shape index (κ1) is 17.7. The van der Waals surface area contributed by atoms with E-state index in [1.54, 1.807) is 6.92 Å². The van der Waals surface area contributed by atoms with E-state index in [1.165, 1.54) is 12.1 Å². The molecule has 9 nitrogen and oxygen atoms in total. The van der Waals surface area contributed by atoms with Gasteiger partial charge in [-0.2, -0.15) is 0 Å². The normalized spacial score (nSPS) is 16.2. The number of ether oxygens (including phenoxy) is 2. The molecule has 1 saturated heterocycles. The molecule has 1 aliphatic heterocycles. The molecule has 0 aromatic heterocycles. The second-order valence-corrected chi connectivity index (χ2v) is 5.33. The average Bonchev–Trinajstić information content (AvgIpc) is 2.56. The quantitative estimate of drug-likeness (QED) is 0.592. The number of rotatable bonds is 6. The van der Waals surface area contributed by atoms with Gasteiger partial charge in [0.1, 0.15) is 5.54 Å². The van der Waals surface area contributed by atoms with Crippen LogP contribution in [0.2, 0.25) is 0 Å². The van der Waals surface area contributed by atoms with E-state index in [4.69, 9.17) is 9.47 Å². The van der Waals surface area contributed by atoms with Gasteiger partial charge in [0.2, 0.25) is 0 Å². The van der Waals surface area contributed by atoms with Crippen LogP contribution in [0.5, 0.6) is 5.75 Å². The van der Waals surface area contributed by atoms with Gasteiger partial charge >= 0.3 is 11.7 Å². The number of hydrogen-bond donors (Lipinski definition) is 2. The molecule has 9 heteroatoms. The second-order valence-electron chi connectivity index (χ2n) is 5.33. The summed E-state index contributed by atoms with van der Waals surface area (Å²) in [5, 5.41) is 23.0. The zero-order valence-corrected chi connectivity index (χ0v) is 13.1. The Bertz CT molecular complexity index is 653. The minimum absolute atomic E-state index is 0.00253. The fourth-order valence-electron chi connectivity index (χ4n) is 2.48. The Labute approximate surface area is 137 Å². The number of nitrogens with zero attached hydrogens (tertiary/aromatic N) is 1. The van der Waals surface area contributed by atoms with Crippen LogP contribution in [0.1, 0.15) is 30.1 Å². The van der Waals surface area contributed by atoms with Crippen LogP contribution in [0.4, 0.5) is 5.69 Å². The van der Waals surface area contributed by atoms with E-state index in [1.807, 2.05) is 0 Å². The molecule has 1 aromatic rings. The lowest BCUT2D eigenvalue weighted by Crippen LogP contribution is -2.57. The van der Waals surface area contributed by atoms with E-state index < -0.39 is 22.3 Å². The van der Waals surface area contributed by atoms with Crippen LogP contribution in [0, 0.1) is 10.1 Å². The minimum atomic E-state index is -1.43. The zero-order valence-electron chi connectivity index (χ0n) is 13.1. The number of carbonyl (C=O) groups is 2. The van der Waals surface area contributed by atoms with Gasteiger partial charge in [0.25, 0.3) is 5.91 Å². The van der Waals surface area contributed by atoms with Crippen molar-refractivity contribution >= 4 is 17.6 Å². The summed E-state index contributed by atoms with van der Waals surface area (Å²) in [6.07, 6.45) is 0.264. The number of carboxylic acid groups (broad SMARTS) is 1. The van der Waals surface area contributed by atoms with Crippen molar-refractivity contribution in [3.8, 4) is 5.75 Å². The monoisotopic (exact) mass is 338 g/mol. The van der Waals surface area contributed by atoms with Crippen LogP contribution in [0.15, 0.2) is 18.2 Å². The van der Waals surface area contributed by atoms with Gasteiger partial charge < -0.3 is 19.9 Å². The summed E-state index contributed by atoms with van der Waals surface area (Å²) in [4.78, 5) is 34.4. The number of carbonyl (C=O) groups excluding carboxylic acids is 1. The van der Waals surface area contributed by atoms with Gasteiger partial charge in [-0.25, -0.2) is 4.79 Å². The number of amides is 1. The molecular weight excluding hydrogens is 320 g/mol. The summed E-state index contributed by atoms with van der Waals surface area (Å²) in [5.74, 6) is -1.79. The Morgan fingerprint density at radius 3 is 2.62 bits per heavy atom.